The molecule has 2 rings (SSSR count). The number of aromatic amines is 1. The lowest BCUT2D eigenvalue weighted by Gasteiger charge is -2.08. The van der Waals surface area contributed by atoms with E-state index in [4.69, 9.17) is 10.5 Å². The summed E-state index contributed by atoms with van der Waals surface area (Å²) in [4.78, 5) is 7.87. The molecule has 96 valence electrons. The van der Waals surface area contributed by atoms with Gasteiger partial charge in [-0.05, 0) is 32.5 Å². The molecule has 4 nitrogen and oxygen atoms in total. The molecular formula is C14H19N3O. The third-order valence-corrected chi connectivity index (χ3v) is 2.92. The summed E-state index contributed by atoms with van der Waals surface area (Å²) < 4.78 is 5.40. The summed E-state index contributed by atoms with van der Waals surface area (Å²) in [6, 6.07) is 6.10. The maximum Gasteiger partial charge on any atom is 0.128 e. The van der Waals surface area contributed by atoms with Gasteiger partial charge in [-0.1, -0.05) is 11.6 Å². The predicted molar refractivity (Wildman–Crippen MR) is 72.8 cm³/mol. The predicted octanol–water partition coefficient (Wildman–Crippen LogP) is 2.20. The first kappa shape index (κ1) is 12.6. The molecule has 0 aliphatic rings. The number of nitrogens with two attached hydrogens (primary N) is 1. The van der Waals surface area contributed by atoms with Gasteiger partial charge in [-0.2, -0.15) is 0 Å². The Balaban J connectivity index is 2.50. The third kappa shape index (κ3) is 2.38. The standard InChI is InChI=1S/C14H19N3O/c1-9-4-5-12(18-3)11(8-9)14-10(2)16-13(17-14)6-7-15/h4-5,8H,6-7,15H2,1-3H3,(H,16,17). The van der Waals surface area contributed by atoms with E-state index in [0.29, 0.717) is 6.54 Å². The topological polar surface area (TPSA) is 63.9 Å². The van der Waals surface area contributed by atoms with Crippen LogP contribution >= 0.6 is 0 Å². The number of aromatic nitrogens is 2. The van der Waals surface area contributed by atoms with Crippen molar-refractivity contribution in [1.29, 1.82) is 0 Å². The zero-order chi connectivity index (χ0) is 13.1. The van der Waals surface area contributed by atoms with E-state index in [9.17, 15) is 0 Å². The van der Waals surface area contributed by atoms with Crippen molar-refractivity contribution in [2.75, 3.05) is 13.7 Å². The van der Waals surface area contributed by atoms with E-state index < -0.39 is 0 Å². The number of rotatable bonds is 4. The first-order valence-electron chi connectivity index (χ1n) is 6.06. The van der Waals surface area contributed by atoms with Gasteiger partial charge in [-0.25, -0.2) is 4.98 Å². The Labute approximate surface area is 107 Å². The van der Waals surface area contributed by atoms with Crippen molar-refractivity contribution in [3.05, 3.63) is 35.3 Å². The molecule has 2 aromatic rings. The van der Waals surface area contributed by atoms with Crippen molar-refractivity contribution in [3.8, 4) is 17.0 Å². The molecule has 1 aromatic heterocycles. The van der Waals surface area contributed by atoms with E-state index in [1.165, 1.54) is 5.56 Å². The fourth-order valence-corrected chi connectivity index (χ4v) is 2.05. The summed E-state index contributed by atoms with van der Waals surface area (Å²) in [6.07, 6.45) is 0.759. The number of hydrogen-bond donors (Lipinski definition) is 2. The van der Waals surface area contributed by atoms with E-state index in [1.807, 2.05) is 19.1 Å². The van der Waals surface area contributed by atoms with Crippen LogP contribution in [0.15, 0.2) is 18.2 Å². The van der Waals surface area contributed by atoms with Gasteiger partial charge in [0.2, 0.25) is 0 Å². The van der Waals surface area contributed by atoms with E-state index in [1.54, 1.807) is 7.11 Å². The van der Waals surface area contributed by atoms with E-state index >= 15 is 0 Å². The molecule has 0 unspecified atom stereocenters. The van der Waals surface area contributed by atoms with E-state index in [-0.39, 0.29) is 0 Å². The number of benzene rings is 1. The lowest BCUT2D eigenvalue weighted by atomic mass is 10.1. The Morgan fingerprint density at radius 2 is 2.11 bits per heavy atom. The minimum Gasteiger partial charge on any atom is -0.496 e. The van der Waals surface area contributed by atoms with Gasteiger partial charge < -0.3 is 15.5 Å². The lowest BCUT2D eigenvalue weighted by molar-refractivity contribution is 0.416. The van der Waals surface area contributed by atoms with Crippen molar-refractivity contribution >= 4 is 0 Å². The molecule has 0 saturated heterocycles. The Morgan fingerprint density at radius 1 is 1.33 bits per heavy atom. The normalized spacial score (nSPS) is 10.7. The first-order chi connectivity index (χ1) is 8.65. The Bertz CT molecular complexity index is 546. The van der Waals surface area contributed by atoms with Crippen LogP contribution < -0.4 is 10.5 Å². The van der Waals surface area contributed by atoms with Crippen LogP contribution in [0.2, 0.25) is 0 Å². The first-order valence-corrected chi connectivity index (χ1v) is 6.06. The van der Waals surface area contributed by atoms with Gasteiger partial charge in [0.25, 0.3) is 0 Å². The fourth-order valence-electron chi connectivity index (χ4n) is 2.05. The molecule has 0 radical (unpaired) electrons. The van der Waals surface area contributed by atoms with Crippen molar-refractivity contribution in [3.63, 3.8) is 0 Å². The zero-order valence-corrected chi connectivity index (χ0v) is 11.1. The van der Waals surface area contributed by atoms with Crippen LogP contribution in [-0.4, -0.2) is 23.6 Å². The minimum atomic E-state index is 0.595. The van der Waals surface area contributed by atoms with E-state index in [2.05, 4.69) is 23.0 Å². The smallest absolute Gasteiger partial charge is 0.128 e. The van der Waals surface area contributed by atoms with Gasteiger partial charge in [-0.15, -0.1) is 0 Å². The summed E-state index contributed by atoms with van der Waals surface area (Å²) in [5.41, 5.74) is 9.75. The number of H-pyrrole nitrogens is 1. The number of imidazole rings is 1. The highest BCUT2D eigenvalue weighted by molar-refractivity contribution is 5.70. The number of nitrogens with zero attached hydrogens (tertiary/aromatic N) is 1. The van der Waals surface area contributed by atoms with Crippen LogP contribution in [0.1, 0.15) is 17.1 Å². The molecular weight excluding hydrogens is 226 g/mol. The summed E-state index contributed by atoms with van der Waals surface area (Å²) in [7, 11) is 1.68. The van der Waals surface area contributed by atoms with Gasteiger partial charge >= 0.3 is 0 Å². The van der Waals surface area contributed by atoms with Gasteiger partial charge in [0.1, 0.15) is 11.6 Å². The van der Waals surface area contributed by atoms with Crippen LogP contribution in [0.4, 0.5) is 0 Å². The molecule has 0 aliphatic carbocycles. The van der Waals surface area contributed by atoms with Crippen molar-refractivity contribution in [2.45, 2.75) is 20.3 Å². The molecule has 0 amide bonds. The van der Waals surface area contributed by atoms with E-state index in [0.717, 1.165) is 34.9 Å². The zero-order valence-electron chi connectivity index (χ0n) is 11.1. The van der Waals surface area contributed by atoms with Crippen LogP contribution in [0.3, 0.4) is 0 Å². The van der Waals surface area contributed by atoms with Crippen molar-refractivity contribution in [2.24, 2.45) is 5.73 Å². The number of hydrogen-bond acceptors (Lipinski definition) is 3. The monoisotopic (exact) mass is 245 g/mol. The Kier molecular flexibility index (Phi) is 3.67. The molecule has 0 bridgehead atoms. The van der Waals surface area contributed by atoms with Gasteiger partial charge in [-0.3, -0.25) is 0 Å². The third-order valence-electron chi connectivity index (χ3n) is 2.92. The van der Waals surface area contributed by atoms with Gasteiger partial charge in [0, 0.05) is 17.7 Å². The average molecular weight is 245 g/mol. The second-order valence-corrected chi connectivity index (χ2v) is 4.40. The molecule has 0 saturated carbocycles. The molecule has 0 aliphatic heterocycles. The quantitative estimate of drug-likeness (QED) is 0.868. The van der Waals surface area contributed by atoms with Gasteiger partial charge in [0.05, 0.1) is 12.8 Å². The summed E-state index contributed by atoms with van der Waals surface area (Å²) in [5, 5.41) is 0. The molecule has 1 heterocycles. The fraction of sp³-hybridized carbons (Fsp3) is 0.357. The van der Waals surface area contributed by atoms with Crippen LogP contribution in [-0.2, 0) is 6.42 Å². The minimum absolute atomic E-state index is 0.595. The molecule has 0 spiro atoms. The molecule has 1 aromatic carbocycles. The van der Waals surface area contributed by atoms with Crippen molar-refractivity contribution in [1.82, 2.24) is 9.97 Å². The molecule has 0 atom stereocenters. The highest BCUT2D eigenvalue weighted by Gasteiger charge is 2.13. The molecule has 0 fully saturated rings. The summed E-state index contributed by atoms with van der Waals surface area (Å²) >= 11 is 0. The number of ether oxygens (including phenoxy) is 1. The number of methoxy groups -OCH3 is 1. The van der Waals surface area contributed by atoms with Crippen LogP contribution in [0.25, 0.3) is 11.3 Å². The molecule has 18 heavy (non-hydrogen) atoms. The van der Waals surface area contributed by atoms with Crippen LogP contribution in [0, 0.1) is 13.8 Å². The maximum absolute atomic E-state index is 5.55. The van der Waals surface area contributed by atoms with Crippen LogP contribution in [0.5, 0.6) is 5.75 Å². The Morgan fingerprint density at radius 3 is 2.78 bits per heavy atom. The average Bonchev–Trinajstić information content (AvgIpc) is 2.70. The SMILES string of the molecule is COc1ccc(C)cc1-c1nc(CCN)[nH]c1C. The molecule has 4 heteroatoms. The molecule has 3 N–H and O–H groups in total. The highest BCUT2D eigenvalue weighted by atomic mass is 16.5. The van der Waals surface area contributed by atoms with Gasteiger partial charge in [0.15, 0.2) is 0 Å². The maximum atomic E-state index is 5.55. The Hall–Kier alpha value is -1.81. The second kappa shape index (κ2) is 5.23. The second-order valence-electron chi connectivity index (χ2n) is 4.40. The van der Waals surface area contributed by atoms with Crippen molar-refractivity contribution < 1.29 is 4.74 Å². The summed E-state index contributed by atoms with van der Waals surface area (Å²) in [6.45, 7) is 4.67. The summed E-state index contributed by atoms with van der Waals surface area (Å²) in [5.74, 6) is 1.77. The lowest BCUT2D eigenvalue weighted by Crippen LogP contribution is -2.03. The number of aryl methyl sites for hydroxylation is 2. The number of nitrogens with one attached hydrogen (secondary N) is 1. The highest BCUT2D eigenvalue weighted by Crippen LogP contribution is 2.31. The largest absolute Gasteiger partial charge is 0.496 e.